The predicted molar refractivity (Wildman–Crippen MR) is 101 cm³/mol. The molecule has 0 aromatic carbocycles. The number of nitrogens with zero attached hydrogens (tertiary/aromatic N) is 2. The smallest absolute Gasteiger partial charge is 0.315 e. The van der Waals surface area contributed by atoms with E-state index in [-0.39, 0.29) is 29.2 Å². The van der Waals surface area contributed by atoms with E-state index in [9.17, 15) is 22.8 Å². The summed E-state index contributed by atoms with van der Waals surface area (Å²) in [5, 5.41) is 5.41. The molecular weight excluding hydrogens is 372 g/mol. The fraction of sp³-hybridized carbons (Fsp3) is 0.824. The third-order valence-corrected chi connectivity index (χ3v) is 7.14. The molecule has 2 aliphatic heterocycles. The average molecular weight is 403 g/mol. The van der Waals surface area contributed by atoms with Crippen molar-refractivity contribution in [3.8, 4) is 0 Å². The Morgan fingerprint density at radius 3 is 2.19 bits per heavy atom. The number of carbonyl (C=O) groups is 3. The number of nitrogens with one attached hydrogen (secondary N) is 2. The number of urea groups is 1. The maximum absolute atomic E-state index is 12.9. The number of hydrogen-bond donors (Lipinski definition) is 2. The lowest BCUT2D eigenvalue weighted by molar-refractivity contribution is -0.140. The molecule has 27 heavy (non-hydrogen) atoms. The van der Waals surface area contributed by atoms with Crippen LogP contribution in [0.1, 0.15) is 33.6 Å². The first-order valence-corrected chi connectivity index (χ1v) is 11.3. The molecule has 2 N–H and O–H groups in total. The summed E-state index contributed by atoms with van der Waals surface area (Å²) < 4.78 is 23.1. The van der Waals surface area contributed by atoms with Crippen molar-refractivity contribution in [1.82, 2.24) is 20.4 Å². The molecule has 2 heterocycles. The van der Waals surface area contributed by atoms with Crippen molar-refractivity contribution < 1.29 is 22.8 Å². The number of amides is 4. The molecule has 3 atom stereocenters. The zero-order chi connectivity index (χ0) is 20.2. The van der Waals surface area contributed by atoms with Gasteiger partial charge in [-0.3, -0.25) is 9.59 Å². The summed E-state index contributed by atoms with van der Waals surface area (Å²) in [6.45, 7) is 7.21. The Balaban J connectivity index is 1.95. The molecule has 2 aliphatic rings. The molecule has 0 aromatic heterocycles. The molecule has 9 nitrogen and oxygen atoms in total. The topological polar surface area (TPSA) is 116 Å². The Labute approximate surface area is 160 Å². The van der Waals surface area contributed by atoms with Crippen LogP contribution in [0.2, 0.25) is 0 Å². The van der Waals surface area contributed by atoms with Crippen LogP contribution >= 0.6 is 0 Å². The molecule has 0 radical (unpaired) electrons. The summed E-state index contributed by atoms with van der Waals surface area (Å²) in [7, 11) is -3.09. The first-order chi connectivity index (χ1) is 12.6. The maximum atomic E-state index is 12.9. The van der Waals surface area contributed by atoms with Crippen molar-refractivity contribution in [3.63, 3.8) is 0 Å². The molecule has 0 spiro atoms. The third-order valence-electron chi connectivity index (χ3n) is 5.37. The molecule has 4 amide bonds. The van der Waals surface area contributed by atoms with E-state index in [0.717, 1.165) is 0 Å². The van der Waals surface area contributed by atoms with Gasteiger partial charge in [-0.2, -0.15) is 0 Å². The highest BCUT2D eigenvalue weighted by Crippen LogP contribution is 2.14. The van der Waals surface area contributed by atoms with Gasteiger partial charge in [0.15, 0.2) is 9.84 Å². The van der Waals surface area contributed by atoms with Crippen molar-refractivity contribution in [2.24, 2.45) is 5.92 Å². The molecule has 2 fully saturated rings. The molecule has 3 unspecified atom stereocenters. The highest BCUT2D eigenvalue weighted by Gasteiger charge is 2.34. The van der Waals surface area contributed by atoms with Crippen LogP contribution in [0.25, 0.3) is 0 Å². The SMILES string of the molecule is CCC(C)C(NC(=O)NC1CCS(=O)(=O)C1)C(=O)N1CCN(C(C)=O)CC1. The zero-order valence-electron chi connectivity index (χ0n) is 16.2. The van der Waals surface area contributed by atoms with Crippen LogP contribution in [0, 0.1) is 5.92 Å². The van der Waals surface area contributed by atoms with E-state index in [1.54, 1.807) is 9.80 Å². The summed E-state index contributed by atoms with van der Waals surface area (Å²) in [6.07, 6.45) is 1.10. The van der Waals surface area contributed by atoms with Crippen molar-refractivity contribution in [1.29, 1.82) is 0 Å². The summed E-state index contributed by atoms with van der Waals surface area (Å²) in [4.78, 5) is 40.1. The Kier molecular flexibility index (Phi) is 7.07. The van der Waals surface area contributed by atoms with Crippen LogP contribution in [0.3, 0.4) is 0 Å². The molecular formula is C17H30N4O5S. The van der Waals surface area contributed by atoms with Crippen molar-refractivity contribution in [2.45, 2.75) is 45.7 Å². The minimum absolute atomic E-state index is 0.00964. The number of carbonyl (C=O) groups excluding carboxylic acids is 3. The van der Waals surface area contributed by atoms with Gasteiger partial charge in [0.25, 0.3) is 0 Å². The third kappa shape index (κ3) is 5.82. The van der Waals surface area contributed by atoms with Gasteiger partial charge in [-0.25, -0.2) is 13.2 Å². The van der Waals surface area contributed by atoms with Gasteiger partial charge in [0, 0.05) is 39.1 Å². The quantitative estimate of drug-likeness (QED) is 0.648. The highest BCUT2D eigenvalue weighted by atomic mass is 32.2. The van der Waals surface area contributed by atoms with E-state index in [0.29, 0.717) is 39.0 Å². The molecule has 0 saturated carbocycles. The Morgan fingerprint density at radius 1 is 1.11 bits per heavy atom. The summed E-state index contributed by atoms with van der Waals surface area (Å²) in [6, 6.07) is -1.61. The summed E-state index contributed by atoms with van der Waals surface area (Å²) in [5.74, 6) is -0.227. The highest BCUT2D eigenvalue weighted by molar-refractivity contribution is 7.91. The summed E-state index contributed by atoms with van der Waals surface area (Å²) in [5.41, 5.74) is 0. The van der Waals surface area contributed by atoms with E-state index < -0.39 is 28.0 Å². The maximum Gasteiger partial charge on any atom is 0.315 e. The van der Waals surface area contributed by atoms with E-state index in [1.165, 1.54) is 6.92 Å². The van der Waals surface area contributed by atoms with Crippen molar-refractivity contribution in [2.75, 3.05) is 37.7 Å². The second-order valence-corrected chi connectivity index (χ2v) is 9.64. The Hall–Kier alpha value is -1.84. The molecule has 0 aromatic rings. The zero-order valence-corrected chi connectivity index (χ0v) is 17.0. The second-order valence-electron chi connectivity index (χ2n) is 7.41. The minimum atomic E-state index is -3.09. The van der Waals surface area contributed by atoms with E-state index >= 15 is 0 Å². The van der Waals surface area contributed by atoms with E-state index in [2.05, 4.69) is 10.6 Å². The molecule has 0 bridgehead atoms. The lowest BCUT2D eigenvalue weighted by Crippen LogP contribution is -2.58. The van der Waals surface area contributed by atoms with E-state index in [4.69, 9.17) is 0 Å². The number of sulfone groups is 1. The largest absolute Gasteiger partial charge is 0.339 e. The first kappa shape index (κ1) is 21.5. The van der Waals surface area contributed by atoms with Crippen LogP contribution < -0.4 is 10.6 Å². The van der Waals surface area contributed by atoms with Crippen LogP contribution in [0.5, 0.6) is 0 Å². The molecule has 2 saturated heterocycles. The van der Waals surface area contributed by atoms with Crippen molar-refractivity contribution in [3.05, 3.63) is 0 Å². The van der Waals surface area contributed by atoms with Gasteiger partial charge in [-0.05, 0) is 12.3 Å². The van der Waals surface area contributed by atoms with Crippen molar-refractivity contribution >= 4 is 27.7 Å². The normalized spacial score (nSPS) is 24.2. The molecule has 0 aliphatic carbocycles. The standard InChI is InChI=1S/C17H30N4O5S/c1-4-12(2)15(16(23)21-8-6-20(7-9-21)13(3)22)19-17(24)18-14-5-10-27(25,26)11-14/h12,14-15H,4-11H2,1-3H3,(H2,18,19,24). The minimum Gasteiger partial charge on any atom is -0.339 e. The molecule has 154 valence electrons. The lowest BCUT2D eigenvalue weighted by Gasteiger charge is -2.37. The van der Waals surface area contributed by atoms with Gasteiger partial charge in [-0.1, -0.05) is 20.3 Å². The van der Waals surface area contributed by atoms with Crippen LogP contribution in [0.4, 0.5) is 4.79 Å². The lowest BCUT2D eigenvalue weighted by atomic mass is 9.97. The fourth-order valence-corrected chi connectivity index (χ4v) is 5.07. The van der Waals surface area contributed by atoms with Gasteiger partial charge in [0.05, 0.1) is 11.5 Å². The number of piperazine rings is 1. The van der Waals surface area contributed by atoms with Gasteiger partial charge < -0.3 is 20.4 Å². The van der Waals surface area contributed by atoms with Gasteiger partial charge >= 0.3 is 6.03 Å². The first-order valence-electron chi connectivity index (χ1n) is 9.44. The molecule has 10 heteroatoms. The van der Waals surface area contributed by atoms with Crippen LogP contribution in [-0.2, 0) is 19.4 Å². The van der Waals surface area contributed by atoms with Crippen LogP contribution in [-0.4, -0.2) is 85.8 Å². The second kappa shape index (κ2) is 8.90. The average Bonchev–Trinajstić information content (AvgIpc) is 2.96. The van der Waals surface area contributed by atoms with Crippen LogP contribution in [0.15, 0.2) is 0 Å². The van der Waals surface area contributed by atoms with Gasteiger partial charge in [0.2, 0.25) is 11.8 Å². The van der Waals surface area contributed by atoms with E-state index in [1.807, 2.05) is 13.8 Å². The number of rotatable bonds is 5. The number of hydrogen-bond acceptors (Lipinski definition) is 5. The monoisotopic (exact) mass is 402 g/mol. The summed E-state index contributed by atoms with van der Waals surface area (Å²) >= 11 is 0. The Bertz CT molecular complexity index is 673. The predicted octanol–water partition coefficient (Wildman–Crippen LogP) is -0.422. The Morgan fingerprint density at radius 2 is 1.70 bits per heavy atom. The fourth-order valence-electron chi connectivity index (χ4n) is 3.40. The molecule has 2 rings (SSSR count). The van der Waals surface area contributed by atoms with Gasteiger partial charge in [0.1, 0.15) is 6.04 Å². The van der Waals surface area contributed by atoms with Gasteiger partial charge in [-0.15, -0.1) is 0 Å².